The highest BCUT2D eigenvalue weighted by Gasteiger charge is 2.29. The minimum Gasteiger partial charge on any atom is -0.494 e. The molecule has 2 atom stereocenters. The molecule has 22 heavy (non-hydrogen) atoms. The molecule has 0 saturated carbocycles. The van der Waals surface area contributed by atoms with Gasteiger partial charge in [-0.2, -0.15) is 11.3 Å². The van der Waals surface area contributed by atoms with Gasteiger partial charge in [-0.15, -0.1) is 0 Å². The molecule has 1 N–H and O–H groups in total. The molecule has 0 fully saturated rings. The fourth-order valence-corrected chi connectivity index (χ4v) is 3.70. The molecule has 1 aromatic rings. The molecule has 1 aliphatic heterocycles. The van der Waals surface area contributed by atoms with Crippen molar-refractivity contribution in [3.63, 3.8) is 0 Å². The van der Waals surface area contributed by atoms with Gasteiger partial charge in [-0.3, -0.25) is 4.79 Å². The van der Waals surface area contributed by atoms with Crippen molar-refractivity contribution in [1.29, 1.82) is 0 Å². The van der Waals surface area contributed by atoms with Crippen LogP contribution in [0.3, 0.4) is 0 Å². The summed E-state index contributed by atoms with van der Waals surface area (Å²) in [6, 6.07) is 1.92. The monoisotopic (exact) mass is 321 g/mol. The van der Waals surface area contributed by atoms with Crippen molar-refractivity contribution in [1.82, 2.24) is 0 Å². The highest BCUT2D eigenvalue weighted by atomic mass is 32.1. The first kappa shape index (κ1) is 17.1. The lowest BCUT2D eigenvalue weighted by molar-refractivity contribution is -0.113. The summed E-state index contributed by atoms with van der Waals surface area (Å²) < 4.78 is 6.17. The fraction of sp³-hybridized carbons (Fsp3) is 0.611. The minimum absolute atomic E-state index is 0.00906. The van der Waals surface area contributed by atoms with Crippen LogP contribution >= 0.6 is 11.3 Å². The third kappa shape index (κ3) is 4.35. The van der Waals surface area contributed by atoms with Gasteiger partial charge in [0.2, 0.25) is 0 Å². The molecule has 0 radical (unpaired) electrons. The lowest BCUT2D eigenvalue weighted by Crippen LogP contribution is -2.30. The Bertz CT molecular complexity index is 519. The van der Waals surface area contributed by atoms with E-state index in [9.17, 15) is 4.79 Å². The third-order valence-electron chi connectivity index (χ3n) is 4.16. The molecule has 0 bridgehead atoms. The number of carbonyl (C=O) groups excluding carboxylic acids is 1. The number of amides is 1. The topological polar surface area (TPSA) is 38.3 Å². The first-order valence-electron chi connectivity index (χ1n) is 8.23. The molecule has 0 spiro atoms. The van der Waals surface area contributed by atoms with E-state index < -0.39 is 0 Å². The molecule has 0 aromatic carbocycles. The molecule has 1 amide bonds. The predicted molar refractivity (Wildman–Crippen MR) is 93.0 cm³/mol. The van der Waals surface area contributed by atoms with E-state index in [2.05, 4.69) is 33.0 Å². The Morgan fingerprint density at radius 2 is 2.23 bits per heavy atom. The van der Waals surface area contributed by atoms with Crippen LogP contribution in [0.1, 0.15) is 53.4 Å². The minimum atomic E-state index is -0.00906. The van der Waals surface area contributed by atoms with Crippen molar-refractivity contribution in [2.45, 2.75) is 59.5 Å². The van der Waals surface area contributed by atoms with E-state index in [0.717, 1.165) is 42.7 Å². The van der Waals surface area contributed by atoms with Crippen LogP contribution in [-0.2, 0) is 9.53 Å². The molecule has 1 aliphatic rings. The lowest BCUT2D eigenvalue weighted by atomic mass is 9.88. The third-order valence-corrected chi connectivity index (χ3v) is 4.84. The number of allylic oxidation sites excluding steroid dienone is 1. The van der Waals surface area contributed by atoms with E-state index in [1.54, 1.807) is 11.3 Å². The highest BCUT2D eigenvalue weighted by molar-refractivity contribution is 7.08. The van der Waals surface area contributed by atoms with E-state index in [1.165, 1.54) is 0 Å². The zero-order valence-electron chi connectivity index (χ0n) is 14.0. The van der Waals surface area contributed by atoms with E-state index >= 15 is 0 Å². The van der Waals surface area contributed by atoms with Gasteiger partial charge in [0.25, 0.3) is 5.91 Å². The van der Waals surface area contributed by atoms with Crippen LogP contribution in [0, 0.1) is 11.8 Å². The zero-order valence-corrected chi connectivity index (χ0v) is 14.8. The van der Waals surface area contributed by atoms with Crippen LogP contribution in [0.4, 0.5) is 5.69 Å². The number of rotatable bonds is 6. The molecular weight excluding hydrogens is 294 g/mol. The van der Waals surface area contributed by atoms with Gasteiger partial charge in [0.15, 0.2) is 0 Å². The van der Waals surface area contributed by atoms with Crippen molar-refractivity contribution in [2.75, 3.05) is 5.32 Å². The molecule has 3 nitrogen and oxygen atoms in total. The first-order valence-corrected chi connectivity index (χ1v) is 9.17. The molecule has 122 valence electrons. The van der Waals surface area contributed by atoms with E-state index in [0.29, 0.717) is 11.8 Å². The van der Waals surface area contributed by atoms with E-state index in [4.69, 9.17) is 4.74 Å². The molecule has 1 aromatic heterocycles. The number of hydrogen-bond donors (Lipinski definition) is 1. The largest absolute Gasteiger partial charge is 0.494 e. The Morgan fingerprint density at radius 3 is 2.82 bits per heavy atom. The Hall–Kier alpha value is -1.29. The molecular formula is C18H27NO2S. The number of ether oxygens (including phenoxy) is 1. The average Bonchev–Trinajstić information content (AvgIpc) is 2.98. The molecule has 0 aliphatic carbocycles. The number of carbonyl (C=O) groups is 1. The summed E-state index contributed by atoms with van der Waals surface area (Å²) in [5, 5.41) is 6.88. The highest BCUT2D eigenvalue weighted by Crippen LogP contribution is 2.32. The maximum Gasteiger partial charge on any atom is 0.254 e. The quantitative estimate of drug-likeness (QED) is 0.781. The van der Waals surface area contributed by atoms with Crippen molar-refractivity contribution >= 4 is 22.9 Å². The Morgan fingerprint density at radius 1 is 1.45 bits per heavy atom. The van der Waals surface area contributed by atoms with Crippen LogP contribution in [-0.4, -0.2) is 12.0 Å². The Kier molecular flexibility index (Phi) is 6.07. The predicted octanol–water partition coefficient (Wildman–Crippen LogP) is 5.21. The van der Waals surface area contributed by atoms with Gasteiger partial charge in [-0.25, -0.2) is 0 Å². The maximum atomic E-state index is 12.4. The van der Waals surface area contributed by atoms with Crippen LogP contribution in [0.2, 0.25) is 0 Å². The number of nitrogens with one attached hydrogen (secondary N) is 1. The smallest absolute Gasteiger partial charge is 0.254 e. The summed E-state index contributed by atoms with van der Waals surface area (Å²) in [4.78, 5) is 12.4. The number of thiophene rings is 1. The Labute approximate surface area is 137 Å². The molecule has 0 saturated heterocycles. The van der Waals surface area contributed by atoms with E-state index in [1.807, 2.05) is 16.8 Å². The van der Waals surface area contributed by atoms with E-state index in [-0.39, 0.29) is 12.0 Å². The standard InChI is InChI=1S/C18H27NO2S/c1-5-16-15(18(20)19-14-8-9-22-11-14)6-7-17(21-16)13(4)10-12(2)3/h8-9,11-13,17H,5-7,10H2,1-4H3,(H,19,20). The van der Waals surface area contributed by atoms with Gasteiger partial charge >= 0.3 is 0 Å². The maximum absolute atomic E-state index is 12.4. The molecule has 2 unspecified atom stereocenters. The second-order valence-corrected chi connectivity index (χ2v) is 7.30. The number of anilines is 1. The molecule has 2 heterocycles. The summed E-state index contributed by atoms with van der Waals surface area (Å²) >= 11 is 1.58. The van der Waals surface area contributed by atoms with Gasteiger partial charge in [-0.05, 0) is 42.5 Å². The second kappa shape index (κ2) is 7.82. The summed E-state index contributed by atoms with van der Waals surface area (Å²) in [5.41, 5.74) is 1.69. The van der Waals surface area contributed by atoms with Crippen LogP contribution < -0.4 is 5.32 Å². The first-order chi connectivity index (χ1) is 10.5. The molecule has 4 heteroatoms. The fourth-order valence-electron chi connectivity index (χ4n) is 3.11. The van der Waals surface area contributed by atoms with Crippen LogP contribution in [0.25, 0.3) is 0 Å². The second-order valence-electron chi connectivity index (χ2n) is 6.52. The summed E-state index contributed by atoms with van der Waals surface area (Å²) in [5.74, 6) is 2.07. The SMILES string of the molecule is CCC1=C(C(=O)Nc2ccsc2)CCC(C(C)CC(C)C)O1. The molecule has 2 rings (SSSR count). The zero-order chi connectivity index (χ0) is 16.1. The van der Waals surface area contributed by atoms with Crippen molar-refractivity contribution in [3.8, 4) is 0 Å². The van der Waals surface area contributed by atoms with Crippen LogP contribution in [0.5, 0.6) is 0 Å². The van der Waals surface area contributed by atoms with Gasteiger partial charge in [-0.1, -0.05) is 27.7 Å². The van der Waals surface area contributed by atoms with Crippen molar-refractivity contribution in [2.24, 2.45) is 11.8 Å². The lowest BCUT2D eigenvalue weighted by Gasteiger charge is -2.32. The van der Waals surface area contributed by atoms with Gasteiger partial charge in [0.1, 0.15) is 11.9 Å². The van der Waals surface area contributed by atoms with Gasteiger partial charge in [0, 0.05) is 11.8 Å². The Balaban J connectivity index is 2.04. The normalized spacial score (nSPS) is 20.0. The van der Waals surface area contributed by atoms with Crippen LogP contribution in [0.15, 0.2) is 28.2 Å². The number of hydrogen-bond acceptors (Lipinski definition) is 3. The summed E-state index contributed by atoms with van der Waals surface area (Å²) in [6.45, 7) is 8.81. The van der Waals surface area contributed by atoms with Crippen molar-refractivity contribution < 1.29 is 9.53 Å². The van der Waals surface area contributed by atoms with Gasteiger partial charge in [0.05, 0.1) is 11.3 Å². The van der Waals surface area contributed by atoms with Gasteiger partial charge < -0.3 is 10.1 Å². The average molecular weight is 321 g/mol. The summed E-state index contributed by atoms with van der Waals surface area (Å²) in [6.07, 6.45) is 3.93. The summed E-state index contributed by atoms with van der Waals surface area (Å²) in [7, 11) is 0. The van der Waals surface area contributed by atoms with Crippen molar-refractivity contribution in [3.05, 3.63) is 28.2 Å².